The second-order valence-electron chi connectivity index (χ2n) is 2.77. The minimum absolute atomic E-state index is 0.302. The highest BCUT2D eigenvalue weighted by Crippen LogP contribution is 2.14. The van der Waals surface area contributed by atoms with Crippen LogP contribution < -0.4 is 5.32 Å². The molecule has 0 spiro atoms. The molecule has 1 N–H and O–H groups in total. The van der Waals surface area contributed by atoms with Crippen molar-refractivity contribution in [2.45, 2.75) is 12.5 Å². The number of hydrogen-bond donors (Lipinski definition) is 1. The molecule has 0 aliphatic carbocycles. The van der Waals surface area contributed by atoms with Crippen LogP contribution in [0.4, 0.5) is 0 Å². The van der Waals surface area contributed by atoms with Crippen molar-refractivity contribution in [2.75, 3.05) is 6.54 Å². The summed E-state index contributed by atoms with van der Waals surface area (Å²) < 4.78 is 0. The third-order valence-corrected chi connectivity index (χ3v) is 1.92. The van der Waals surface area contributed by atoms with E-state index in [1.54, 1.807) is 12.4 Å². The maximum Gasteiger partial charge on any atom is 0.145 e. The molecule has 0 amide bonds. The van der Waals surface area contributed by atoms with Gasteiger partial charge in [-0.2, -0.15) is 0 Å². The Bertz CT molecular complexity index is 268. The van der Waals surface area contributed by atoms with Crippen LogP contribution in [0.3, 0.4) is 0 Å². The van der Waals surface area contributed by atoms with Crippen LogP contribution in [0.25, 0.3) is 0 Å². The van der Waals surface area contributed by atoms with E-state index in [1.165, 1.54) is 0 Å². The lowest BCUT2D eigenvalue weighted by Crippen LogP contribution is -2.25. The van der Waals surface area contributed by atoms with Gasteiger partial charge in [0.15, 0.2) is 0 Å². The van der Waals surface area contributed by atoms with Gasteiger partial charge in [0, 0.05) is 18.9 Å². The minimum Gasteiger partial charge on any atom is -0.304 e. The molecule has 12 heavy (non-hydrogen) atoms. The molecule has 2 heterocycles. The van der Waals surface area contributed by atoms with Gasteiger partial charge < -0.3 is 5.32 Å². The fourth-order valence-electron chi connectivity index (χ4n) is 1.30. The summed E-state index contributed by atoms with van der Waals surface area (Å²) in [6.07, 6.45) is 8.84. The molecule has 1 atom stereocenters. The molecule has 3 nitrogen and oxygen atoms in total. The Morgan fingerprint density at radius 3 is 2.75 bits per heavy atom. The zero-order valence-electron chi connectivity index (χ0n) is 6.77. The van der Waals surface area contributed by atoms with Gasteiger partial charge in [-0.3, -0.25) is 0 Å². The average molecular weight is 161 g/mol. The third kappa shape index (κ3) is 1.51. The van der Waals surface area contributed by atoms with Gasteiger partial charge >= 0.3 is 0 Å². The van der Waals surface area contributed by atoms with E-state index in [0.29, 0.717) is 6.04 Å². The van der Waals surface area contributed by atoms with Gasteiger partial charge in [0.2, 0.25) is 0 Å². The molecular formula is C9H11N3. The summed E-state index contributed by atoms with van der Waals surface area (Å²) in [6.45, 7) is 0.920. The highest BCUT2D eigenvalue weighted by molar-refractivity contribution is 5.03. The predicted molar refractivity (Wildman–Crippen MR) is 46.5 cm³/mol. The van der Waals surface area contributed by atoms with E-state index in [1.807, 2.05) is 6.07 Å². The van der Waals surface area contributed by atoms with Crippen molar-refractivity contribution in [1.82, 2.24) is 15.3 Å². The predicted octanol–water partition coefficient (Wildman–Crippen LogP) is 1.07. The molecule has 1 aliphatic rings. The summed E-state index contributed by atoms with van der Waals surface area (Å²) in [5, 5.41) is 3.32. The monoisotopic (exact) mass is 161 g/mol. The van der Waals surface area contributed by atoms with Crippen molar-refractivity contribution >= 4 is 0 Å². The molecule has 0 aromatic carbocycles. The van der Waals surface area contributed by atoms with E-state index in [9.17, 15) is 0 Å². The number of nitrogens with zero attached hydrogens (tertiary/aromatic N) is 2. The molecule has 1 aromatic heterocycles. The van der Waals surface area contributed by atoms with E-state index in [-0.39, 0.29) is 0 Å². The molecule has 0 saturated carbocycles. The van der Waals surface area contributed by atoms with Crippen molar-refractivity contribution in [2.24, 2.45) is 0 Å². The molecule has 0 fully saturated rings. The smallest absolute Gasteiger partial charge is 0.145 e. The van der Waals surface area contributed by atoms with E-state index in [4.69, 9.17) is 0 Å². The molecule has 1 aromatic rings. The van der Waals surface area contributed by atoms with E-state index in [0.717, 1.165) is 18.8 Å². The van der Waals surface area contributed by atoms with Gasteiger partial charge in [-0.25, -0.2) is 9.97 Å². The van der Waals surface area contributed by atoms with Crippen LogP contribution in [0, 0.1) is 0 Å². The second-order valence-corrected chi connectivity index (χ2v) is 2.77. The number of nitrogens with one attached hydrogen (secondary N) is 1. The normalized spacial score (nSPS) is 22.5. The Balaban J connectivity index is 2.15. The van der Waals surface area contributed by atoms with Crippen LogP contribution in [-0.2, 0) is 0 Å². The van der Waals surface area contributed by atoms with Crippen molar-refractivity contribution < 1.29 is 0 Å². The first-order valence-corrected chi connectivity index (χ1v) is 4.12. The molecule has 1 unspecified atom stereocenters. The molecule has 1 aliphatic heterocycles. The van der Waals surface area contributed by atoms with Crippen LogP contribution >= 0.6 is 0 Å². The van der Waals surface area contributed by atoms with Gasteiger partial charge in [-0.1, -0.05) is 12.2 Å². The lowest BCUT2D eigenvalue weighted by atomic mass is 10.1. The molecule has 62 valence electrons. The van der Waals surface area contributed by atoms with E-state index < -0.39 is 0 Å². The quantitative estimate of drug-likeness (QED) is 0.626. The summed E-state index contributed by atoms with van der Waals surface area (Å²) in [6, 6.07) is 2.14. The van der Waals surface area contributed by atoms with Gasteiger partial charge in [0.1, 0.15) is 5.82 Å². The maximum atomic E-state index is 4.19. The highest BCUT2D eigenvalue weighted by atomic mass is 15.0. The van der Waals surface area contributed by atoms with Gasteiger partial charge in [-0.05, 0) is 12.5 Å². The van der Waals surface area contributed by atoms with E-state index in [2.05, 4.69) is 27.4 Å². The van der Waals surface area contributed by atoms with Crippen LogP contribution in [0.5, 0.6) is 0 Å². The lowest BCUT2D eigenvalue weighted by molar-refractivity contribution is 0.525. The Morgan fingerprint density at radius 1 is 1.25 bits per heavy atom. The zero-order valence-corrected chi connectivity index (χ0v) is 6.77. The Morgan fingerprint density at radius 2 is 2.08 bits per heavy atom. The van der Waals surface area contributed by atoms with Crippen LogP contribution in [-0.4, -0.2) is 16.5 Å². The van der Waals surface area contributed by atoms with Gasteiger partial charge in [-0.15, -0.1) is 0 Å². The number of hydrogen-bond acceptors (Lipinski definition) is 3. The molecule has 0 bridgehead atoms. The molecule has 0 saturated heterocycles. The molecule has 0 radical (unpaired) electrons. The summed E-state index contributed by atoms with van der Waals surface area (Å²) in [5.74, 6) is 0.891. The fraction of sp³-hybridized carbons (Fsp3) is 0.333. The lowest BCUT2D eigenvalue weighted by Gasteiger charge is -2.17. The van der Waals surface area contributed by atoms with Gasteiger partial charge in [0.25, 0.3) is 0 Å². The van der Waals surface area contributed by atoms with Crippen molar-refractivity contribution in [3.8, 4) is 0 Å². The summed E-state index contributed by atoms with van der Waals surface area (Å²) >= 11 is 0. The number of aromatic nitrogens is 2. The number of rotatable bonds is 1. The minimum atomic E-state index is 0.302. The van der Waals surface area contributed by atoms with Crippen LogP contribution in [0.15, 0.2) is 30.6 Å². The van der Waals surface area contributed by atoms with Crippen LogP contribution in [0.2, 0.25) is 0 Å². The summed E-state index contributed by atoms with van der Waals surface area (Å²) in [7, 11) is 0. The first kappa shape index (κ1) is 7.43. The SMILES string of the molecule is C1=CCC(c2ncccn2)NC1. The maximum absolute atomic E-state index is 4.19. The highest BCUT2D eigenvalue weighted by Gasteiger charge is 2.12. The average Bonchev–Trinajstić information content (AvgIpc) is 2.21. The molecule has 3 heteroatoms. The van der Waals surface area contributed by atoms with E-state index >= 15 is 0 Å². The fourth-order valence-corrected chi connectivity index (χ4v) is 1.30. The largest absolute Gasteiger partial charge is 0.304 e. The first-order valence-electron chi connectivity index (χ1n) is 4.12. The topological polar surface area (TPSA) is 37.8 Å². The van der Waals surface area contributed by atoms with Gasteiger partial charge in [0.05, 0.1) is 6.04 Å². The standard InChI is InChI=1S/C9H11N3/c1-2-5-10-8(4-1)9-11-6-3-7-12-9/h1-3,6-8,10H,4-5H2. The molecule has 2 rings (SSSR count). The Hall–Kier alpha value is -1.22. The van der Waals surface area contributed by atoms with Crippen molar-refractivity contribution in [1.29, 1.82) is 0 Å². The Labute approximate surface area is 71.5 Å². The first-order chi connectivity index (χ1) is 5.97. The summed E-state index contributed by atoms with van der Waals surface area (Å²) in [4.78, 5) is 8.39. The van der Waals surface area contributed by atoms with Crippen LogP contribution in [0.1, 0.15) is 18.3 Å². The van der Waals surface area contributed by atoms with Crippen molar-refractivity contribution in [3.05, 3.63) is 36.4 Å². The summed E-state index contributed by atoms with van der Waals surface area (Å²) in [5.41, 5.74) is 0. The second kappa shape index (κ2) is 3.45. The third-order valence-electron chi connectivity index (χ3n) is 1.92. The zero-order chi connectivity index (χ0) is 8.23. The van der Waals surface area contributed by atoms with Crippen molar-refractivity contribution in [3.63, 3.8) is 0 Å². The molecular weight excluding hydrogens is 150 g/mol. The Kier molecular flexibility index (Phi) is 2.14.